The molecule has 0 spiro atoms. The lowest BCUT2D eigenvalue weighted by Crippen LogP contribution is -2.40. The van der Waals surface area contributed by atoms with Crippen molar-refractivity contribution in [1.82, 2.24) is 0 Å². The van der Waals surface area contributed by atoms with Crippen molar-refractivity contribution in [3.05, 3.63) is 113 Å². The first-order valence-corrected chi connectivity index (χ1v) is 9.99. The molecule has 1 heteroatoms. The summed E-state index contributed by atoms with van der Waals surface area (Å²) in [5.41, 5.74) is 15.7. The van der Waals surface area contributed by atoms with E-state index in [1.54, 1.807) is 0 Å². The molecular weight excluding hydrogens is 338 g/mol. The van der Waals surface area contributed by atoms with Gasteiger partial charge in [-0.25, -0.2) is 0 Å². The number of benzene rings is 3. The van der Waals surface area contributed by atoms with Crippen LogP contribution in [-0.2, 0) is 11.0 Å². The minimum absolute atomic E-state index is 0.0716. The lowest BCUT2D eigenvalue weighted by atomic mass is 9.69. The zero-order valence-corrected chi connectivity index (χ0v) is 16.4. The Bertz CT molecular complexity index is 1120. The quantitative estimate of drug-likeness (QED) is 0.577. The van der Waals surface area contributed by atoms with E-state index in [1.807, 2.05) is 0 Å². The van der Waals surface area contributed by atoms with E-state index in [-0.39, 0.29) is 5.41 Å². The summed E-state index contributed by atoms with van der Waals surface area (Å²) in [6, 6.07) is 26.0. The molecule has 0 bridgehead atoms. The third kappa shape index (κ3) is 2.30. The first kappa shape index (κ1) is 17.2. The molecular formula is C27H25N. The fourth-order valence-corrected chi connectivity index (χ4v) is 5.12. The zero-order valence-electron chi connectivity index (χ0n) is 16.4. The Kier molecular flexibility index (Phi) is 3.72. The SMILES string of the molecule is CC1(C)c2ccccc2-c2cccc(C3(N)CC=CC=C3c3ccccc3)c21. The van der Waals surface area contributed by atoms with Crippen molar-refractivity contribution in [3.63, 3.8) is 0 Å². The van der Waals surface area contributed by atoms with Crippen LogP contribution in [0.2, 0.25) is 0 Å². The fourth-order valence-electron chi connectivity index (χ4n) is 5.12. The summed E-state index contributed by atoms with van der Waals surface area (Å²) >= 11 is 0. The van der Waals surface area contributed by atoms with Crippen LogP contribution in [0.3, 0.4) is 0 Å². The van der Waals surface area contributed by atoms with E-state index in [9.17, 15) is 0 Å². The van der Waals surface area contributed by atoms with Crippen LogP contribution in [0.25, 0.3) is 16.7 Å². The molecule has 3 aromatic carbocycles. The average molecular weight is 364 g/mol. The average Bonchev–Trinajstić information content (AvgIpc) is 2.97. The van der Waals surface area contributed by atoms with E-state index < -0.39 is 5.54 Å². The van der Waals surface area contributed by atoms with Gasteiger partial charge in [-0.3, -0.25) is 0 Å². The molecule has 0 heterocycles. The van der Waals surface area contributed by atoms with Crippen molar-refractivity contribution in [2.24, 2.45) is 5.73 Å². The molecule has 138 valence electrons. The maximum absolute atomic E-state index is 7.27. The van der Waals surface area contributed by atoms with Gasteiger partial charge in [0.25, 0.3) is 0 Å². The van der Waals surface area contributed by atoms with Gasteiger partial charge in [0.1, 0.15) is 0 Å². The second kappa shape index (κ2) is 6.05. The highest BCUT2D eigenvalue weighted by Gasteiger charge is 2.43. The molecule has 1 atom stereocenters. The Hall–Kier alpha value is -2.90. The first-order chi connectivity index (χ1) is 13.5. The molecule has 0 amide bonds. The third-order valence-corrected chi connectivity index (χ3v) is 6.46. The summed E-state index contributed by atoms with van der Waals surface area (Å²) in [7, 11) is 0. The highest BCUT2D eigenvalue weighted by Crippen LogP contribution is 2.53. The van der Waals surface area contributed by atoms with Gasteiger partial charge in [-0.15, -0.1) is 0 Å². The lowest BCUT2D eigenvalue weighted by molar-refractivity contribution is 0.555. The molecule has 2 aliphatic rings. The van der Waals surface area contributed by atoms with Gasteiger partial charge in [0.15, 0.2) is 0 Å². The van der Waals surface area contributed by atoms with Crippen molar-refractivity contribution in [1.29, 1.82) is 0 Å². The Morgan fingerprint density at radius 2 is 1.43 bits per heavy atom. The molecule has 3 aromatic rings. The van der Waals surface area contributed by atoms with Crippen molar-refractivity contribution in [2.45, 2.75) is 31.2 Å². The third-order valence-electron chi connectivity index (χ3n) is 6.46. The topological polar surface area (TPSA) is 26.0 Å². The molecule has 2 N–H and O–H groups in total. The normalized spacial score (nSPS) is 21.8. The summed E-state index contributed by atoms with van der Waals surface area (Å²) in [6.07, 6.45) is 7.32. The van der Waals surface area contributed by atoms with Crippen molar-refractivity contribution in [2.75, 3.05) is 0 Å². The van der Waals surface area contributed by atoms with Gasteiger partial charge in [-0.05, 0) is 45.4 Å². The number of allylic oxidation sites excluding steroid dienone is 2. The monoisotopic (exact) mass is 363 g/mol. The van der Waals surface area contributed by atoms with Gasteiger partial charge in [0, 0.05) is 5.41 Å². The van der Waals surface area contributed by atoms with E-state index in [4.69, 9.17) is 5.73 Å². The summed E-state index contributed by atoms with van der Waals surface area (Å²) in [5, 5.41) is 0. The first-order valence-electron chi connectivity index (χ1n) is 9.99. The maximum atomic E-state index is 7.27. The number of hydrogen-bond acceptors (Lipinski definition) is 1. The van der Waals surface area contributed by atoms with Crippen LogP contribution < -0.4 is 5.73 Å². The molecule has 0 aliphatic heterocycles. The highest BCUT2D eigenvalue weighted by molar-refractivity contribution is 5.85. The predicted octanol–water partition coefficient (Wildman–Crippen LogP) is 6.19. The van der Waals surface area contributed by atoms with Crippen LogP contribution in [0.4, 0.5) is 0 Å². The lowest BCUT2D eigenvalue weighted by Gasteiger charge is -2.38. The summed E-state index contributed by atoms with van der Waals surface area (Å²) < 4.78 is 0. The van der Waals surface area contributed by atoms with E-state index in [1.165, 1.54) is 39.0 Å². The smallest absolute Gasteiger partial charge is 0.0709 e. The minimum atomic E-state index is -0.541. The van der Waals surface area contributed by atoms with Crippen LogP contribution >= 0.6 is 0 Å². The standard InChI is InChI=1S/C27H25N/c1-26(2)23-16-7-6-13-20(23)21-14-10-17-24(25(21)26)27(28)18-9-8-15-22(27)19-11-4-3-5-12-19/h3-17H,18,28H2,1-2H3. The number of nitrogens with two attached hydrogens (primary N) is 1. The number of fused-ring (bicyclic) bond motifs is 3. The van der Waals surface area contributed by atoms with E-state index in [2.05, 4.69) is 105 Å². The summed E-state index contributed by atoms with van der Waals surface area (Å²) in [4.78, 5) is 0. The molecule has 0 saturated carbocycles. The Morgan fingerprint density at radius 1 is 0.750 bits per heavy atom. The predicted molar refractivity (Wildman–Crippen MR) is 118 cm³/mol. The molecule has 28 heavy (non-hydrogen) atoms. The summed E-state index contributed by atoms with van der Waals surface area (Å²) in [5.74, 6) is 0. The molecule has 0 fully saturated rings. The number of rotatable bonds is 2. The molecule has 1 unspecified atom stereocenters. The van der Waals surface area contributed by atoms with Gasteiger partial charge in [-0.2, -0.15) is 0 Å². The van der Waals surface area contributed by atoms with Crippen molar-refractivity contribution < 1.29 is 0 Å². The fraction of sp³-hybridized carbons (Fsp3) is 0.185. The van der Waals surface area contributed by atoms with Crippen LogP contribution in [0.5, 0.6) is 0 Å². The van der Waals surface area contributed by atoms with Gasteiger partial charge in [0.05, 0.1) is 5.54 Å². The van der Waals surface area contributed by atoms with Crippen LogP contribution in [0, 0.1) is 0 Å². The van der Waals surface area contributed by atoms with Crippen molar-refractivity contribution >= 4 is 5.57 Å². The zero-order chi connectivity index (χ0) is 19.4. The Morgan fingerprint density at radius 3 is 2.25 bits per heavy atom. The second-order valence-electron chi connectivity index (χ2n) is 8.45. The van der Waals surface area contributed by atoms with Crippen LogP contribution in [0.1, 0.15) is 42.5 Å². The van der Waals surface area contributed by atoms with E-state index >= 15 is 0 Å². The van der Waals surface area contributed by atoms with Gasteiger partial charge < -0.3 is 5.73 Å². The minimum Gasteiger partial charge on any atom is -0.317 e. The second-order valence-corrected chi connectivity index (χ2v) is 8.45. The highest BCUT2D eigenvalue weighted by atomic mass is 14.8. The molecule has 5 rings (SSSR count). The summed E-state index contributed by atoms with van der Waals surface area (Å²) in [6.45, 7) is 4.66. The van der Waals surface area contributed by atoms with E-state index in [0.717, 1.165) is 6.42 Å². The van der Waals surface area contributed by atoms with Gasteiger partial charge in [0.2, 0.25) is 0 Å². The van der Waals surface area contributed by atoms with Crippen LogP contribution in [0.15, 0.2) is 91.0 Å². The molecule has 0 radical (unpaired) electrons. The maximum Gasteiger partial charge on any atom is 0.0709 e. The van der Waals surface area contributed by atoms with Crippen LogP contribution in [-0.4, -0.2) is 0 Å². The van der Waals surface area contributed by atoms with E-state index in [0.29, 0.717) is 0 Å². The Balaban J connectivity index is 1.76. The van der Waals surface area contributed by atoms with Gasteiger partial charge in [-0.1, -0.05) is 105 Å². The molecule has 2 aliphatic carbocycles. The molecule has 1 nitrogen and oxygen atoms in total. The van der Waals surface area contributed by atoms with Crippen molar-refractivity contribution in [3.8, 4) is 11.1 Å². The molecule has 0 saturated heterocycles. The number of hydrogen-bond donors (Lipinski definition) is 1. The Labute approximate surface area is 167 Å². The largest absolute Gasteiger partial charge is 0.317 e. The molecule has 0 aromatic heterocycles. The van der Waals surface area contributed by atoms with Gasteiger partial charge >= 0.3 is 0 Å².